The first-order valence-corrected chi connectivity index (χ1v) is 5.02. The quantitative estimate of drug-likeness (QED) is 0.647. The van der Waals surface area contributed by atoms with Crippen molar-refractivity contribution in [1.82, 2.24) is 5.32 Å². The lowest BCUT2D eigenvalue weighted by Crippen LogP contribution is -2.24. The highest BCUT2D eigenvalue weighted by molar-refractivity contribution is 6.31. The van der Waals surface area contributed by atoms with Gasteiger partial charge in [0.15, 0.2) is 0 Å². The van der Waals surface area contributed by atoms with Crippen LogP contribution in [0.2, 0.25) is 5.02 Å². The van der Waals surface area contributed by atoms with Gasteiger partial charge in [0.2, 0.25) is 0 Å². The second-order valence-corrected chi connectivity index (χ2v) is 3.34. The van der Waals surface area contributed by atoms with E-state index in [1.165, 1.54) is 7.05 Å². The van der Waals surface area contributed by atoms with E-state index in [-0.39, 0.29) is 12.6 Å². The van der Waals surface area contributed by atoms with Crippen molar-refractivity contribution >= 4 is 23.3 Å². The average Bonchev–Trinajstić information content (AvgIpc) is 2.28. The van der Waals surface area contributed by atoms with Crippen LogP contribution in [0.5, 0.6) is 0 Å². The van der Waals surface area contributed by atoms with Gasteiger partial charge in [-0.1, -0.05) is 23.4 Å². The molecule has 84 valence electrons. The average molecular weight is 238 g/mol. The molecule has 16 heavy (non-hydrogen) atoms. The van der Waals surface area contributed by atoms with Gasteiger partial charge in [-0.05, 0) is 18.2 Å². The van der Waals surface area contributed by atoms with Crippen molar-refractivity contribution in [3.8, 4) is 11.8 Å². The Balaban J connectivity index is 3.03. The van der Waals surface area contributed by atoms with Gasteiger partial charge < -0.3 is 16.4 Å². The fourth-order valence-corrected chi connectivity index (χ4v) is 1.23. The molecule has 0 saturated carbocycles. The van der Waals surface area contributed by atoms with E-state index in [0.29, 0.717) is 16.3 Å². The van der Waals surface area contributed by atoms with Gasteiger partial charge in [-0.25, -0.2) is 4.79 Å². The molecule has 0 aliphatic rings. The summed E-state index contributed by atoms with van der Waals surface area (Å²) in [7, 11) is 1.53. The molecule has 1 aromatic carbocycles. The number of nitrogens with two attached hydrogens (primary N) is 1. The van der Waals surface area contributed by atoms with Gasteiger partial charge in [0.1, 0.15) is 0 Å². The van der Waals surface area contributed by atoms with E-state index < -0.39 is 0 Å². The highest BCUT2D eigenvalue weighted by Crippen LogP contribution is 2.20. The molecule has 2 amide bonds. The summed E-state index contributed by atoms with van der Waals surface area (Å²) >= 11 is 5.83. The van der Waals surface area contributed by atoms with Gasteiger partial charge in [-0.2, -0.15) is 0 Å². The number of nitrogens with one attached hydrogen (secondary N) is 2. The first-order chi connectivity index (χ1) is 7.67. The third-order valence-corrected chi connectivity index (χ3v) is 2.02. The molecule has 0 fully saturated rings. The normalized spacial score (nSPS) is 8.94. The Labute approximate surface area is 99.2 Å². The Hall–Kier alpha value is -1.70. The maximum atomic E-state index is 11.2. The predicted octanol–water partition coefficient (Wildman–Crippen LogP) is 1.40. The van der Waals surface area contributed by atoms with Crippen LogP contribution in [0.1, 0.15) is 5.56 Å². The monoisotopic (exact) mass is 237 g/mol. The molecule has 0 saturated heterocycles. The Morgan fingerprint density at radius 2 is 2.31 bits per heavy atom. The number of anilines is 1. The number of urea groups is 1. The molecule has 1 rings (SSSR count). The molecular weight excluding hydrogens is 226 g/mol. The maximum Gasteiger partial charge on any atom is 0.319 e. The van der Waals surface area contributed by atoms with Crippen molar-refractivity contribution in [2.75, 3.05) is 18.9 Å². The molecule has 0 radical (unpaired) electrons. The Morgan fingerprint density at radius 3 is 2.94 bits per heavy atom. The van der Waals surface area contributed by atoms with Crippen molar-refractivity contribution < 1.29 is 4.79 Å². The third kappa shape index (κ3) is 3.46. The smallest absolute Gasteiger partial charge is 0.319 e. The summed E-state index contributed by atoms with van der Waals surface area (Å²) in [6, 6.07) is 4.75. The summed E-state index contributed by atoms with van der Waals surface area (Å²) in [5.74, 6) is 5.57. The van der Waals surface area contributed by atoms with Crippen molar-refractivity contribution in [3.63, 3.8) is 0 Å². The van der Waals surface area contributed by atoms with Crippen LogP contribution in [0.25, 0.3) is 0 Å². The topological polar surface area (TPSA) is 67.2 Å². The molecule has 5 heteroatoms. The van der Waals surface area contributed by atoms with Crippen LogP contribution in [0.15, 0.2) is 18.2 Å². The number of carbonyl (C=O) groups is 1. The van der Waals surface area contributed by atoms with Crippen molar-refractivity contribution in [2.24, 2.45) is 5.73 Å². The molecule has 1 aromatic rings. The van der Waals surface area contributed by atoms with Gasteiger partial charge in [0.05, 0.1) is 12.2 Å². The minimum atomic E-state index is -0.321. The fourth-order valence-electron chi connectivity index (χ4n) is 1.06. The van der Waals surface area contributed by atoms with Crippen molar-refractivity contribution in [2.45, 2.75) is 0 Å². The summed E-state index contributed by atoms with van der Waals surface area (Å²) in [6.45, 7) is 0.266. The number of halogens is 1. The van der Waals surface area contributed by atoms with E-state index in [9.17, 15) is 4.79 Å². The Bertz CT molecular complexity index is 448. The molecule has 0 unspecified atom stereocenters. The summed E-state index contributed by atoms with van der Waals surface area (Å²) < 4.78 is 0. The number of rotatable bonds is 1. The second-order valence-electron chi connectivity index (χ2n) is 2.90. The number of benzene rings is 1. The molecule has 0 heterocycles. The summed E-state index contributed by atoms with van der Waals surface area (Å²) in [6.07, 6.45) is 0. The summed E-state index contributed by atoms with van der Waals surface area (Å²) in [5, 5.41) is 5.61. The Morgan fingerprint density at radius 1 is 1.56 bits per heavy atom. The number of hydrogen-bond acceptors (Lipinski definition) is 2. The van der Waals surface area contributed by atoms with Crippen LogP contribution in [0.4, 0.5) is 10.5 Å². The SMILES string of the molecule is CNC(=O)Nc1cc(Cl)ccc1C#CCN. The second kappa shape index (κ2) is 6.01. The standard InChI is InChI=1S/C11H12ClN3O/c1-14-11(16)15-10-7-9(12)5-4-8(10)3-2-6-13/h4-5,7H,6,13H2,1H3,(H2,14,15,16). The fraction of sp³-hybridized carbons (Fsp3) is 0.182. The van der Waals surface area contributed by atoms with Gasteiger partial charge in [-0.3, -0.25) is 0 Å². The lowest BCUT2D eigenvalue weighted by Gasteiger charge is -2.07. The van der Waals surface area contributed by atoms with Gasteiger partial charge in [-0.15, -0.1) is 0 Å². The van der Waals surface area contributed by atoms with E-state index in [4.69, 9.17) is 17.3 Å². The minimum Gasteiger partial charge on any atom is -0.341 e. The van der Waals surface area contributed by atoms with Crippen molar-refractivity contribution in [1.29, 1.82) is 0 Å². The van der Waals surface area contributed by atoms with Crippen LogP contribution in [0, 0.1) is 11.8 Å². The molecule has 4 N–H and O–H groups in total. The van der Waals surface area contributed by atoms with E-state index in [2.05, 4.69) is 22.5 Å². The zero-order valence-electron chi connectivity index (χ0n) is 8.80. The number of carbonyl (C=O) groups excluding carboxylic acids is 1. The van der Waals surface area contributed by atoms with E-state index >= 15 is 0 Å². The van der Waals surface area contributed by atoms with E-state index in [1.807, 2.05) is 0 Å². The molecule has 0 spiro atoms. The lowest BCUT2D eigenvalue weighted by molar-refractivity contribution is 0.254. The maximum absolute atomic E-state index is 11.2. The summed E-state index contributed by atoms with van der Waals surface area (Å²) in [4.78, 5) is 11.2. The van der Waals surface area contributed by atoms with Crippen LogP contribution in [-0.2, 0) is 0 Å². The highest BCUT2D eigenvalue weighted by Gasteiger charge is 2.04. The predicted molar refractivity (Wildman–Crippen MR) is 65.5 cm³/mol. The zero-order valence-corrected chi connectivity index (χ0v) is 9.56. The number of hydrogen-bond donors (Lipinski definition) is 3. The highest BCUT2D eigenvalue weighted by atomic mass is 35.5. The van der Waals surface area contributed by atoms with E-state index in [0.717, 1.165) is 0 Å². The number of amides is 2. The molecule has 0 bridgehead atoms. The molecule has 0 aliphatic carbocycles. The third-order valence-electron chi connectivity index (χ3n) is 1.78. The molecular formula is C11H12ClN3O. The first kappa shape index (κ1) is 12.4. The van der Waals surface area contributed by atoms with Crippen LogP contribution in [0.3, 0.4) is 0 Å². The molecule has 0 aromatic heterocycles. The summed E-state index contributed by atoms with van der Waals surface area (Å²) in [5.41, 5.74) is 6.53. The van der Waals surface area contributed by atoms with E-state index in [1.54, 1.807) is 18.2 Å². The van der Waals surface area contributed by atoms with Crippen LogP contribution in [-0.4, -0.2) is 19.6 Å². The lowest BCUT2D eigenvalue weighted by atomic mass is 10.2. The Kier molecular flexibility index (Phi) is 4.65. The van der Waals surface area contributed by atoms with Crippen molar-refractivity contribution in [3.05, 3.63) is 28.8 Å². The van der Waals surface area contributed by atoms with Gasteiger partial charge >= 0.3 is 6.03 Å². The van der Waals surface area contributed by atoms with Crippen LogP contribution < -0.4 is 16.4 Å². The zero-order chi connectivity index (χ0) is 12.0. The first-order valence-electron chi connectivity index (χ1n) is 4.64. The molecule has 4 nitrogen and oxygen atoms in total. The van der Waals surface area contributed by atoms with Gasteiger partial charge in [0.25, 0.3) is 0 Å². The van der Waals surface area contributed by atoms with Gasteiger partial charge in [0, 0.05) is 17.6 Å². The largest absolute Gasteiger partial charge is 0.341 e. The molecule has 0 atom stereocenters. The minimum absolute atomic E-state index is 0.266. The van der Waals surface area contributed by atoms with Crippen LogP contribution >= 0.6 is 11.6 Å². The molecule has 0 aliphatic heterocycles.